The van der Waals surface area contributed by atoms with E-state index in [-0.39, 0.29) is 11.9 Å². The summed E-state index contributed by atoms with van der Waals surface area (Å²) in [4.78, 5) is 0. The number of halogens is 4. The largest absolute Gasteiger partial charge is 0.313 e. The summed E-state index contributed by atoms with van der Waals surface area (Å²) < 4.78 is 15.6. The molecule has 0 aromatic heterocycles. The Morgan fingerprint density at radius 3 is 2.45 bits per heavy atom. The molecular weight excluding hydrogens is 408 g/mol. The highest BCUT2D eigenvalue weighted by molar-refractivity contribution is 9.10. The summed E-state index contributed by atoms with van der Waals surface area (Å²) >= 11 is 12.9. The molecule has 20 heavy (non-hydrogen) atoms. The van der Waals surface area contributed by atoms with Gasteiger partial charge in [-0.3, -0.25) is 0 Å². The van der Waals surface area contributed by atoms with Gasteiger partial charge in [0.1, 0.15) is 5.82 Å². The molecule has 0 spiro atoms. The molecule has 0 amide bonds. The van der Waals surface area contributed by atoms with E-state index >= 15 is 0 Å². The summed E-state index contributed by atoms with van der Waals surface area (Å²) in [6, 6.07) is 10.7. The van der Waals surface area contributed by atoms with Gasteiger partial charge in [-0.25, -0.2) is 4.39 Å². The van der Waals surface area contributed by atoms with Crippen molar-refractivity contribution in [3.05, 3.63) is 67.3 Å². The van der Waals surface area contributed by atoms with E-state index in [0.29, 0.717) is 17.0 Å². The van der Waals surface area contributed by atoms with Crippen molar-refractivity contribution in [2.45, 2.75) is 12.5 Å². The molecule has 1 unspecified atom stereocenters. The molecule has 0 saturated carbocycles. The molecule has 2 aromatic rings. The smallest absolute Gasteiger partial charge is 0.127 e. The molecule has 0 aliphatic rings. The molecule has 2 aromatic carbocycles. The first-order valence-corrected chi connectivity index (χ1v) is 8.04. The molecule has 2 rings (SSSR count). The van der Waals surface area contributed by atoms with Gasteiger partial charge in [-0.15, -0.1) is 0 Å². The first-order chi connectivity index (χ1) is 9.51. The summed E-state index contributed by atoms with van der Waals surface area (Å²) in [7, 11) is 1.85. The lowest BCUT2D eigenvalue weighted by Gasteiger charge is -2.19. The van der Waals surface area contributed by atoms with E-state index in [1.807, 2.05) is 31.3 Å². The first kappa shape index (κ1) is 16.0. The summed E-state index contributed by atoms with van der Waals surface area (Å²) in [5.74, 6) is -0.217. The van der Waals surface area contributed by atoms with Crippen molar-refractivity contribution in [1.29, 1.82) is 0 Å². The lowest BCUT2D eigenvalue weighted by Crippen LogP contribution is -2.19. The topological polar surface area (TPSA) is 12.0 Å². The minimum atomic E-state index is -0.217. The lowest BCUT2D eigenvalue weighted by molar-refractivity contribution is 0.554. The fourth-order valence-electron chi connectivity index (χ4n) is 2.06. The average Bonchev–Trinajstić information content (AvgIpc) is 2.41. The molecule has 0 fully saturated rings. The maximum atomic E-state index is 13.9. The van der Waals surface area contributed by atoms with Gasteiger partial charge < -0.3 is 5.32 Å². The predicted octanol–water partition coefficient (Wildman–Crippen LogP) is 5.51. The van der Waals surface area contributed by atoms with Gasteiger partial charge in [-0.2, -0.15) is 0 Å². The Kier molecular flexibility index (Phi) is 5.61. The standard InChI is InChI=1S/C15H13Br2ClFN/c1-20-15(12-7-10(16)4-5-13(12)18)6-9-2-3-11(17)8-14(9)19/h2-5,7-8,15,20H,6H2,1H3. The monoisotopic (exact) mass is 419 g/mol. The van der Waals surface area contributed by atoms with Gasteiger partial charge in [-0.1, -0.05) is 49.5 Å². The number of nitrogens with one attached hydrogen (secondary N) is 1. The van der Waals surface area contributed by atoms with Crippen molar-refractivity contribution < 1.29 is 4.39 Å². The Labute approximate surface area is 139 Å². The lowest BCUT2D eigenvalue weighted by atomic mass is 9.98. The van der Waals surface area contributed by atoms with Gasteiger partial charge in [0, 0.05) is 20.0 Å². The van der Waals surface area contributed by atoms with Gasteiger partial charge in [0.2, 0.25) is 0 Å². The third-order valence-electron chi connectivity index (χ3n) is 3.12. The maximum absolute atomic E-state index is 13.9. The molecule has 1 atom stereocenters. The second-order valence-electron chi connectivity index (χ2n) is 4.45. The Morgan fingerprint density at radius 2 is 1.80 bits per heavy atom. The minimum absolute atomic E-state index is 0.0457. The van der Waals surface area contributed by atoms with E-state index in [9.17, 15) is 4.39 Å². The molecule has 0 aliphatic carbocycles. The van der Waals surface area contributed by atoms with E-state index in [2.05, 4.69) is 37.2 Å². The van der Waals surface area contributed by atoms with Gasteiger partial charge in [-0.05, 0) is 54.9 Å². The van der Waals surface area contributed by atoms with Crippen molar-refractivity contribution in [2.24, 2.45) is 0 Å². The number of hydrogen-bond donors (Lipinski definition) is 1. The second-order valence-corrected chi connectivity index (χ2v) is 6.69. The molecule has 0 radical (unpaired) electrons. The highest BCUT2D eigenvalue weighted by atomic mass is 79.9. The molecule has 1 N–H and O–H groups in total. The van der Waals surface area contributed by atoms with Crippen LogP contribution in [0.2, 0.25) is 5.02 Å². The van der Waals surface area contributed by atoms with Crippen LogP contribution in [0.15, 0.2) is 45.3 Å². The van der Waals surface area contributed by atoms with Crippen LogP contribution in [0.5, 0.6) is 0 Å². The molecule has 0 saturated heterocycles. The predicted molar refractivity (Wildman–Crippen MR) is 88.8 cm³/mol. The van der Waals surface area contributed by atoms with Gasteiger partial charge in [0.05, 0.1) is 0 Å². The highest BCUT2D eigenvalue weighted by Crippen LogP contribution is 2.29. The van der Waals surface area contributed by atoms with Crippen molar-refractivity contribution in [1.82, 2.24) is 5.32 Å². The van der Waals surface area contributed by atoms with Gasteiger partial charge in [0.15, 0.2) is 0 Å². The molecule has 1 nitrogen and oxygen atoms in total. The van der Waals surface area contributed by atoms with Crippen LogP contribution in [0.1, 0.15) is 17.2 Å². The maximum Gasteiger partial charge on any atom is 0.127 e. The molecule has 0 heterocycles. The van der Waals surface area contributed by atoms with Crippen LogP contribution in [-0.2, 0) is 6.42 Å². The SMILES string of the molecule is CNC(Cc1ccc(Br)cc1F)c1cc(Br)ccc1Cl. The first-order valence-electron chi connectivity index (χ1n) is 6.07. The van der Waals surface area contributed by atoms with Crippen LogP contribution in [0.3, 0.4) is 0 Å². The third-order valence-corrected chi connectivity index (χ3v) is 4.45. The van der Waals surface area contributed by atoms with Crippen LogP contribution in [-0.4, -0.2) is 7.05 Å². The molecule has 5 heteroatoms. The van der Waals surface area contributed by atoms with Gasteiger partial charge >= 0.3 is 0 Å². The third kappa shape index (κ3) is 3.82. The molecular formula is C15H13Br2ClFN. The van der Waals surface area contributed by atoms with Crippen LogP contribution in [0, 0.1) is 5.82 Å². The van der Waals surface area contributed by atoms with Gasteiger partial charge in [0.25, 0.3) is 0 Å². The Balaban J connectivity index is 2.31. The normalized spacial score (nSPS) is 12.4. The quantitative estimate of drug-likeness (QED) is 0.687. The minimum Gasteiger partial charge on any atom is -0.313 e. The summed E-state index contributed by atoms with van der Waals surface area (Å²) in [5, 5.41) is 3.86. The Morgan fingerprint density at radius 1 is 1.15 bits per heavy atom. The van der Waals surface area contributed by atoms with E-state index in [0.717, 1.165) is 14.5 Å². The number of hydrogen-bond acceptors (Lipinski definition) is 1. The number of likely N-dealkylation sites (N-methyl/N-ethyl adjacent to an activating group) is 1. The van der Waals surface area contributed by atoms with Crippen molar-refractivity contribution >= 4 is 43.5 Å². The molecule has 106 valence electrons. The second kappa shape index (κ2) is 7.03. The van der Waals surface area contributed by atoms with Crippen LogP contribution in [0.25, 0.3) is 0 Å². The zero-order valence-corrected chi connectivity index (χ0v) is 14.7. The van der Waals surface area contributed by atoms with Crippen LogP contribution >= 0.6 is 43.5 Å². The van der Waals surface area contributed by atoms with E-state index in [1.54, 1.807) is 6.07 Å². The summed E-state index contributed by atoms with van der Waals surface area (Å²) in [6.45, 7) is 0. The zero-order chi connectivity index (χ0) is 14.7. The zero-order valence-electron chi connectivity index (χ0n) is 10.8. The Bertz CT molecular complexity index is 619. The van der Waals surface area contributed by atoms with E-state index < -0.39 is 0 Å². The van der Waals surface area contributed by atoms with Crippen molar-refractivity contribution in [2.75, 3.05) is 7.05 Å². The van der Waals surface area contributed by atoms with Crippen molar-refractivity contribution in [3.63, 3.8) is 0 Å². The fourth-order valence-corrected chi connectivity index (χ4v) is 3.02. The Hall–Kier alpha value is -0.420. The van der Waals surface area contributed by atoms with Crippen LogP contribution < -0.4 is 5.32 Å². The van der Waals surface area contributed by atoms with Crippen LogP contribution in [0.4, 0.5) is 4.39 Å². The van der Waals surface area contributed by atoms with E-state index in [1.165, 1.54) is 6.07 Å². The summed E-state index contributed by atoms with van der Waals surface area (Å²) in [5.41, 5.74) is 1.61. The fraction of sp³-hybridized carbons (Fsp3) is 0.200. The molecule has 0 bridgehead atoms. The average molecular weight is 422 g/mol. The summed E-state index contributed by atoms with van der Waals surface area (Å²) in [6.07, 6.45) is 0.534. The highest BCUT2D eigenvalue weighted by Gasteiger charge is 2.16. The molecule has 0 aliphatic heterocycles. The number of benzene rings is 2. The van der Waals surface area contributed by atoms with Crippen molar-refractivity contribution in [3.8, 4) is 0 Å². The van der Waals surface area contributed by atoms with E-state index in [4.69, 9.17) is 11.6 Å². The number of rotatable bonds is 4.